The van der Waals surface area contributed by atoms with Crippen molar-refractivity contribution in [3.63, 3.8) is 0 Å². The lowest BCUT2D eigenvalue weighted by Gasteiger charge is -2.09. The first kappa shape index (κ1) is 18.5. The standard InChI is InChI=1S/C18H17Cl2N3O3/c1-11-3-6-17(26-11)15-10-16(18(24)21-7-8-25-2)23(22-15)12-4-5-13(19)14(20)9-12/h3-6,9-10H,7-8H2,1-2H3,(H,21,24). The number of benzene rings is 1. The largest absolute Gasteiger partial charge is 0.460 e. The van der Waals surface area contributed by atoms with Crippen molar-refractivity contribution in [3.8, 4) is 17.1 Å². The summed E-state index contributed by atoms with van der Waals surface area (Å²) in [4.78, 5) is 12.6. The molecule has 0 atom stereocenters. The molecule has 0 spiro atoms. The number of hydrogen-bond donors (Lipinski definition) is 1. The van der Waals surface area contributed by atoms with E-state index in [1.165, 1.54) is 4.68 Å². The van der Waals surface area contributed by atoms with E-state index >= 15 is 0 Å². The highest BCUT2D eigenvalue weighted by Crippen LogP contribution is 2.27. The maximum absolute atomic E-state index is 12.6. The number of nitrogens with zero attached hydrogens (tertiary/aromatic N) is 2. The number of furan rings is 1. The van der Waals surface area contributed by atoms with Crippen molar-refractivity contribution in [2.24, 2.45) is 0 Å². The third-order valence-electron chi connectivity index (χ3n) is 3.67. The SMILES string of the molecule is COCCNC(=O)c1cc(-c2ccc(C)o2)nn1-c1ccc(Cl)c(Cl)c1. The van der Waals surface area contributed by atoms with Gasteiger partial charge in [0.15, 0.2) is 5.76 Å². The zero-order valence-corrected chi connectivity index (χ0v) is 15.8. The number of rotatable bonds is 6. The van der Waals surface area contributed by atoms with E-state index in [9.17, 15) is 4.79 Å². The fourth-order valence-electron chi connectivity index (χ4n) is 2.41. The highest BCUT2D eigenvalue weighted by atomic mass is 35.5. The minimum absolute atomic E-state index is 0.282. The van der Waals surface area contributed by atoms with Gasteiger partial charge in [0.2, 0.25) is 0 Å². The Kier molecular flexibility index (Phi) is 5.66. The van der Waals surface area contributed by atoms with Crippen molar-refractivity contribution in [1.82, 2.24) is 15.1 Å². The van der Waals surface area contributed by atoms with Gasteiger partial charge in [0, 0.05) is 19.7 Å². The molecule has 0 saturated carbocycles. The van der Waals surface area contributed by atoms with Gasteiger partial charge in [0.1, 0.15) is 17.1 Å². The molecule has 0 radical (unpaired) electrons. The minimum atomic E-state index is -0.282. The molecule has 0 unspecified atom stereocenters. The van der Waals surface area contributed by atoms with E-state index in [1.807, 2.05) is 19.1 Å². The molecule has 136 valence electrons. The molecule has 1 amide bonds. The molecule has 1 N–H and O–H groups in total. The second kappa shape index (κ2) is 7.95. The maximum atomic E-state index is 12.6. The lowest BCUT2D eigenvalue weighted by Crippen LogP contribution is -2.28. The third kappa shape index (κ3) is 3.93. The number of carbonyl (C=O) groups excluding carboxylic acids is 1. The molecule has 3 rings (SSSR count). The number of amides is 1. The summed E-state index contributed by atoms with van der Waals surface area (Å²) in [5.74, 6) is 1.05. The van der Waals surface area contributed by atoms with Gasteiger partial charge < -0.3 is 14.5 Å². The summed E-state index contributed by atoms with van der Waals surface area (Å²) in [7, 11) is 1.57. The van der Waals surface area contributed by atoms with E-state index in [-0.39, 0.29) is 5.91 Å². The Morgan fingerprint density at radius 2 is 2.04 bits per heavy atom. The number of methoxy groups -OCH3 is 1. The second-order valence-corrected chi connectivity index (χ2v) is 6.40. The Bertz CT molecular complexity index is 934. The minimum Gasteiger partial charge on any atom is -0.460 e. The normalized spacial score (nSPS) is 10.9. The summed E-state index contributed by atoms with van der Waals surface area (Å²) in [6.07, 6.45) is 0. The summed E-state index contributed by atoms with van der Waals surface area (Å²) in [6, 6.07) is 10.4. The van der Waals surface area contributed by atoms with Gasteiger partial charge in [-0.15, -0.1) is 0 Å². The van der Waals surface area contributed by atoms with Gasteiger partial charge in [-0.1, -0.05) is 23.2 Å². The Balaban J connectivity index is 2.03. The fourth-order valence-corrected chi connectivity index (χ4v) is 2.70. The highest BCUT2D eigenvalue weighted by Gasteiger charge is 2.19. The Morgan fingerprint density at radius 3 is 2.69 bits per heavy atom. The van der Waals surface area contributed by atoms with E-state index in [2.05, 4.69) is 10.4 Å². The van der Waals surface area contributed by atoms with Crippen molar-refractivity contribution >= 4 is 29.1 Å². The smallest absolute Gasteiger partial charge is 0.270 e. The van der Waals surface area contributed by atoms with Gasteiger partial charge in [-0.2, -0.15) is 5.10 Å². The van der Waals surface area contributed by atoms with Gasteiger partial charge in [-0.25, -0.2) is 4.68 Å². The topological polar surface area (TPSA) is 69.3 Å². The van der Waals surface area contributed by atoms with E-state index in [0.717, 1.165) is 5.76 Å². The third-order valence-corrected chi connectivity index (χ3v) is 4.41. The predicted octanol–water partition coefficient (Wildman–Crippen LogP) is 4.12. The summed E-state index contributed by atoms with van der Waals surface area (Å²) in [5, 5.41) is 8.11. The maximum Gasteiger partial charge on any atom is 0.270 e. The Hall–Kier alpha value is -2.28. The first-order chi connectivity index (χ1) is 12.5. The van der Waals surface area contributed by atoms with Crippen LogP contribution in [0.3, 0.4) is 0 Å². The molecule has 6 nitrogen and oxygen atoms in total. The predicted molar refractivity (Wildman–Crippen MR) is 100 cm³/mol. The van der Waals surface area contributed by atoms with Crippen LogP contribution in [0.1, 0.15) is 16.2 Å². The molecule has 0 aliphatic carbocycles. The molecule has 0 aliphatic rings. The Morgan fingerprint density at radius 1 is 1.23 bits per heavy atom. The number of aromatic nitrogens is 2. The van der Waals surface area contributed by atoms with Crippen LogP contribution in [0.15, 0.2) is 40.8 Å². The molecule has 26 heavy (non-hydrogen) atoms. The van der Waals surface area contributed by atoms with Gasteiger partial charge in [0.25, 0.3) is 5.91 Å². The van der Waals surface area contributed by atoms with Gasteiger partial charge >= 0.3 is 0 Å². The molecule has 0 saturated heterocycles. The van der Waals surface area contributed by atoms with Crippen molar-refractivity contribution < 1.29 is 13.9 Å². The van der Waals surface area contributed by atoms with Crippen LogP contribution in [-0.2, 0) is 4.74 Å². The van der Waals surface area contributed by atoms with Crippen LogP contribution < -0.4 is 5.32 Å². The molecule has 0 fully saturated rings. The average Bonchev–Trinajstić information content (AvgIpc) is 3.24. The number of aryl methyl sites for hydroxylation is 1. The van der Waals surface area contributed by atoms with Gasteiger partial charge in [0.05, 0.1) is 22.3 Å². The van der Waals surface area contributed by atoms with E-state index in [1.54, 1.807) is 31.4 Å². The zero-order valence-electron chi connectivity index (χ0n) is 14.3. The lowest BCUT2D eigenvalue weighted by atomic mass is 10.2. The molecule has 1 aromatic carbocycles. The van der Waals surface area contributed by atoms with Crippen LogP contribution in [0.2, 0.25) is 10.0 Å². The average molecular weight is 394 g/mol. The van der Waals surface area contributed by atoms with Gasteiger partial charge in [-0.05, 0) is 37.3 Å². The van der Waals surface area contributed by atoms with E-state index in [0.29, 0.717) is 46.0 Å². The first-order valence-corrected chi connectivity index (χ1v) is 8.64. The summed E-state index contributed by atoms with van der Waals surface area (Å²) in [6.45, 7) is 2.64. The second-order valence-electron chi connectivity index (χ2n) is 5.58. The van der Waals surface area contributed by atoms with Crippen LogP contribution in [0.25, 0.3) is 17.1 Å². The highest BCUT2D eigenvalue weighted by molar-refractivity contribution is 6.42. The van der Waals surface area contributed by atoms with Crippen molar-refractivity contribution in [2.75, 3.05) is 20.3 Å². The molecular formula is C18H17Cl2N3O3. The molecule has 0 bridgehead atoms. The number of ether oxygens (including phenoxy) is 1. The fraction of sp³-hybridized carbons (Fsp3) is 0.222. The monoisotopic (exact) mass is 393 g/mol. The van der Waals surface area contributed by atoms with Crippen LogP contribution >= 0.6 is 23.2 Å². The van der Waals surface area contributed by atoms with Crippen LogP contribution in [0, 0.1) is 6.92 Å². The molecule has 0 aliphatic heterocycles. The van der Waals surface area contributed by atoms with Crippen LogP contribution in [-0.4, -0.2) is 35.9 Å². The summed E-state index contributed by atoms with van der Waals surface area (Å²) < 4.78 is 12.1. The number of carbonyl (C=O) groups is 1. The van der Waals surface area contributed by atoms with Crippen molar-refractivity contribution in [1.29, 1.82) is 0 Å². The van der Waals surface area contributed by atoms with Crippen molar-refractivity contribution in [2.45, 2.75) is 6.92 Å². The quantitative estimate of drug-likeness (QED) is 0.639. The summed E-state index contributed by atoms with van der Waals surface area (Å²) >= 11 is 12.1. The lowest BCUT2D eigenvalue weighted by molar-refractivity contribution is 0.0929. The molecular weight excluding hydrogens is 377 g/mol. The molecule has 2 aromatic heterocycles. The van der Waals surface area contributed by atoms with E-state index in [4.69, 9.17) is 32.4 Å². The molecule has 2 heterocycles. The molecule has 8 heteroatoms. The summed E-state index contributed by atoms with van der Waals surface area (Å²) in [5.41, 5.74) is 1.51. The number of nitrogens with one attached hydrogen (secondary N) is 1. The molecule has 3 aromatic rings. The number of hydrogen-bond acceptors (Lipinski definition) is 4. The Labute approximate surface area is 160 Å². The number of halogens is 2. The first-order valence-electron chi connectivity index (χ1n) is 7.89. The van der Waals surface area contributed by atoms with E-state index < -0.39 is 0 Å². The zero-order chi connectivity index (χ0) is 18.7. The van der Waals surface area contributed by atoms with Crippen LogP contribution in [0.4, 0.5) is 0 Å². The van der Waals surface area contributed by atoms with Crippen LogP contribution in [0.5, 0.6) is 0 Å². The van der Waals surface area contributed by atoms with Gasteiger partial charge in [-0.3, -0.25) is 4.79 Å². The van der Waals surface area contributed by atoms with Crippen molar-refractivity contribution in [3.05, 3.63) is 57.9 Å².